The predicted molar refractivity (Wildman–Crippen MR) is 135 cm³/mol. The van der Waals surface area contributed by atoms with Gasteiger partial charge >= 0.3 is 6.18 Å². The van der Waals surface area contributed by atoms with Crippen LogP contribution in [-0.2, 0) is 12.7 Å². The van der Waals surface area contributed by atoms with E-state index in [2.05, 4.69) is 20.6 Å². The highest BCUT2D eigenvalue weighted by Crippen LogP contribution is 2.37. The molecule has 0 fully saturated rings. The van der Waals surface area contributed by atoms with Crippen molar-refractivity contribution in [1.82, 2.24) is 15.6 Å². The third-order valence-corrected chi connectivity index (χ3v) is 6.51. The summed E-state index contributed by atoms with van der Waals surface area (Å²) in [5.74, 6) is -0.774. The van der Waals surface area contributed by atoms with Crippen molar-refractivity contribution in [2.24, 2.45) is 4.99 Å². The van der Waals surface area contributed by atoms with E-state index in [0.29, 0.717) is 23.2 Å². The lowest BCUT2D eigenvalue weighted by atomic mass is 10.0. The first-order chi connectivity index (χ1) is 17.5. The maximum absolute atomic E-state index is 13.7. The first-order valence-electron chi connectivity index (χ1n) is 11.7. The average Bonchev–Trinajstić information content (AvgIpc) is 3.37. The maximum Gasteiger partial charge on any atom is 0.417 e. The Balaban J connectivity index is 1.70. The zero-order chi connectivity index (χ0) is 26.7. The fraction of sp³-hybridized carbons (Fsp3) is 0.296. The fourth-order valence-electron chi connectivity index (χ4n) is 4.10. The van der Waals surface area contributed by atoms with Crippen molar-refractivity contribution in [2.75, 3.05) is 6.54 Å². The Bertz CT molecular complexity index is 1360. The van der Waals surface area contributed by atoms with Crippen molar-refractivity contribution in [3.63, 3.8) is 0 Å². The van der Waals surface area contributed by atoms with Crippen molar-refractivity contribution >= 4 is 23.3 Å². The van der Waals surface area contributed by atoms with Crippen LogP contribution in [-0.4, -0.2) is 23.3 Å². The Hall–Kier alpha value is -3.46. The summed E-state index contributed by atoms with van der Waals surface area (Å²) in [7, 11) is 0. The number of pyridine rings is 1. The highest BCUT2D eigenvalue weighted by molar-refractivity contribution is 6.31. The summed E-state index contributed by atoms with van der Waals surface area (Å²) in [4.78, 5) is 21.8. The number of aryl methyl sites for hydroxylation is 1. The summed E-state index contributed by atoms with van der Waals surface area (Å²) in [6.45, 7) is 4.58. The average molecular weight is 533 g/mol. The van der Waals surface area contributed by atoms with Crippen molar-refractivity contribution in [3.8, 4) is 11.3 Å². The standard InChI is InChI=1S/C27H25ClF4N4O/c1-15-10-18(5-8-22(15)28)16(2)35-26(37)24-12-17(14-34-25-4-3-9-33-25)11-23(36-24)20-7-6-19(29)13-21(20)27(30,31)32/h5-8,10-13,16H,3-4,9,14H2,1-2H3,(H,33,34)(H,35,37). The van der Waals surface area contributed by atoms with Gasteiger partial charge in [-0.1, -0.05) is 23.7 Å². The molecule has 1 aliphatic rings. The van der Waals surface area contributed by atoms with E-state index in [-0.39, 0.29) is 23.5 Å². The number of carbonyl (C=O) groups excluding carboxylic acids is 1. The van der Waals surface area contributed by atoms with Gasteiger partial charge in [0.25, 0.3) is 5.91 Å². The number of nitrogens with zero attached hydrogens (tertiary/aromatic N) is 2. The Kier molecular flexibility index (Phi) is 7.82. The molecule has 2 heterocycles. The number of halogens is 5. The van der Waals surface area contributed by atoms with E-state index < -0.39 is 29.5 Å². The Morgan fingerprint density at radius 1 is 1.14 bits per heavy atom. The lowest BCUT2D eigenvalue weighted by Crippen LogP contribution is -2.28. The van der Waals surface area contributed by atoms with Crippen LogP contribution in [0.25, 0.3) is 11.3 Å². The second-order valence-corrected chi connectivity index (χ2v) is 9.33. The first kappa shape index (κ1) is 26.6. The molecule has 0 aliphatic carbocycles. The zero-order valence-corrected chi connectivity index (χ0v) is 21.0. The van der Waals surface area contributed by atoms with E-state index in [9.17, 15) is 22.4 Å². The normalized spacial score (nSPS) is 14.3. The van der Waals surface area contributed by atoms with Gasteiger partial charge in [0.15, 0.2) is 0 Å². The second kappa shape index (κ2) is 10.9. The van der Waals surface area contributed by atoms with Crippen LogP contribution >= 0.6 is 11.6 Å². The highest BCUT2D eigenvalue weighted by atomic mass is 35.5. The van der Waals surface area contributed by atoms with Gasteiger partial charge < -0.3 is 10.6 Å². The number of hydrogen-bond donors (Lipinski definition) is 2. The number of alkyl halides is 3. The molecule has 3 aromatic rings. The molecule has 0 saturated carbocycles. The topological polar surface area (TPSA) is 66.4 Å². The van der Waals surface area contributed by atoms with Gasteiger partial charge in [-0.05, 0) is 73.4 Å². The van der Waals surface area contributed by atoms with E-state index >= 15 is 0 Å². The number of rotatable bonds is 6. The lowest BCUT2D eigenvalue weighted by Gasteiger charge is -2.17. The molecule has 5 nitrogen and oxygen atoms in total. The van der Waals surface area contributed by atoms with Crippen LogP contribution in [0.3, 0.4) is 0 Å². The Morgan fingerprint density at radius 3 is 2.59 bits per heavy atom. The molecule has 4 rings (SSSR count). The van der Waals surface area contributed by atoms with Gasteiger partial charge in [0.05, 0.1) is 23.1 Å². The van der Waals surface area contributed by atoms with Crippen LogP contribution in [0.5, 0.6) is 0 Å². The summed E-state index contributed by atoms with van der Waals surface area (Å²) in [6, 6.07) is 10.3. The Morgan fingerprint density at radius 2 is 1.92 bits per heavy atom. The van der Waals surface area contributed by atoms with Gasteiger partial charge in [0.1, 0.15) is 11.5 Å². The van der Waals surface area contributed by atoms with Crippen LogP contribution in [0, 0.1) is 12.7 Å². The largest absolute Gasteiger partial charge is 0.417 e. The molecule has 10 heteroatoms. The van der Waals surface area contributed by atoms with E-state index in [0.717, 1.165) is 41.9 Å². The van der Waals surface area contributed by atoms with Gasteiger partial charge in [-0.25, -0.2) is 9.37 Å². The third kappa shape index (κ3) is 6.46. The molecule has 1 amide bonds. The molecular formula is C27H25ClF4N4O. The van der Waals surface area contributed by atoms with Crippen LogP contribution in [0.15, 0.2) is 53.5 Å². The summed E-state index contributed by atoms with van der Waals surface area (Å²) < 4.78 is 54.9. The van der Waals surface area contributed by atoms with Crippen molar-refractivity contribution in [2.45, 2.75) is 45.5 Å². The number of hydrogen-bond acceptors (Lipinski definition) is 4. The van der Waals surface area contributed by atoms with Crippen molar-refractivity contribution in [3.05, 3.63) is 87.3 Å². The third-order valence-electron chi connectivity index (χ3n) is 6.08. The number of carbonyl (C=O) groups is 1. The van der Waals surface area contributed by atoms with Crippen LogP contribution in [0.1, 0.15) is 58.5 Å². The molecule has 2 N–H and O–H groups in total. The van der Waals surface area contributed by atoms with Crippen molar-refractivity contribution < 1.29 is 22.4 Å². The minimum absolute atomic E-state index is 0.0577. The lowest BCUT2D eigenvalue weighted by molar-refractivity contribution is -0.137. The van der Waals surface area contributed by atoms with Gasteiger partial charge in [0.2, 0.25) is 0 Å². The van der Waals surface area contributed by atoms with Gasteiger partial charge in [0, 0.05) is 30.1 Å². The molecule has 0 saturated heterocycles. The van der Waals surface area contributed by atoms with Gasteiger partial charge in [-0.3, -0.25) is 9.79 Å². The van der Waals surface area contributed by atoms with E-state index in [4.69, 9.17) is 11.6 Å². The molecule has 0 bridgehead atoms. The summed E-state index contributed by atoms with van der Waals surface area (Å²) in [6.07, 6.45) is -3.11. The second-order valence-electron chi connectivity index (χ2n) is 8.92. The van der Waals surface area contributed by atoms with Crippen LogP contribution in [0.2, 0.25) is 5.02 Å². The molecule has 1 unspecified atom stereocenters. The van der Waals surface area contributed by atoms with Gasteiger partial charge in [-0.15, -0.1) is 0 Å². The smallest absolute Gasteiger partial charge is 0.370 e. The molecule has 194 valence electrons. The molecule has 1 atom stereocenters. The SMILES string of the molecule is Cc1cc(C(C)NC(=O)c2cc(CNC3=NCCC3)cc(-c3ccc(F)cc3C(F)(F)F)n2)ccc1Cl. The first-order valence-corrected chi connectivity index (χ1v) is 12.1. The number of nitrogens with one attached hydrogen (secondary N) is 2. The van der Waals surface area contributed by atoms with E-state index in [1.54, 1.807) is 19.1 Å². The summed E-state index contributed by atoms with van der Waals surface area (Å²) in [5, 5.41) is 6.61. The molecule has 1 aliphatic heterocycles. The van der Waals surface area contributed by atoms with E-state index in [1.165, 1.54) is 12.1 Å². The summed E-state index contributed by atoms with van der Waals surface area (Å²) >= 11 is 6.10. The molecule has 2 aromatic carbocycles. The monoisotopic (exact) mass is 532 g/mol. The quantitative estimate of drug-likeness (QED) is 0.350. The fourth-order valence-corrected chi connectivity index (χ4v) is 4.21. The molecular weight excluding hydrogens is 508 g/mol. The Labute approximate surface area is 217 Å². The van der Waals surface area contributed by atoms with Crippen molar-refractivity contribution in [1.29, 1.82) is 0 Å². The number of amides is 1. The number of aromatic nitrogens is 1. The minimum Gasteiger partial charge on any atom is -0.370 e. The van der Waals surface area contributed by atoms with Gasteiger partial charge in [-0.2, -0.15) is 13.2 Å². The molecule has 1 aromatic heterocycles. The minimum atomic E-state index is -4.81. The van der Waals surface area contributed by atoms with E-state index in [1.807, 2.05) is 13.0 Å². The molecule has 37 heavy (non-hydrogen) atoms. The van der Waals surface area contributed by atoms with Crippen LogP contribution < -0.4 is 10.6 Å². The number of aliphatic imine (C=N–C) groups is 1. The zero-order valence-electron chi connectivity index (χ0n) is 20.2. The summed E-state index contributed by atoms with van der Waals surface area (Å²) in [5.41, 5.74) is 0.575. The number of benzene rings is 2. The molecule has 0 radical (unpaired) electrons. The number of amidine groups is 1. The molecule has 0 spiro atoms. The maximum atomic E-state index is 13.7. The van der Waals surface area contributed by atoms with Crippen LogP contribution in [0.4, 0.5) is 17.6 Å². The predicted octanol–water partition coefficient (Wildman–Crippen LogP) is 6.64. The highest BCUT2D eigenvalue weighted by Gasteiger charge is 2.35.